The molecule has 2 aromatic rings. The van der Waals surface area contributed by atoms with Gasteiger partial charge in [-0.25, -0.2) is 0 Å². The maximum atomic E-state index is 4.52. The summed E-state index contributed by atoms with van der Waals surface area (Å²) in [6.45, 7) is 3.21. The van der Waals surface area contributed by atoms with Gasteiger partial charge >= 0.3 is 0 Å². The number of benzene rings is 1. The predicted molar refractivity (Wildman–Crippen MR) is 80.0 cm³/mol. The Labute approximate surface area is 115 Å². The highest BCUT2D eigenvalue weighted by Gasteiger charge is 2.24. The monoisotopic (exact) mass is 254 g/mol. The molecule has 0 aliphatic heterocycles. The second-order valence-electron chi connectivity index (χ2n) is 5.66. The SMILES string of the molecule is CCC(CC1CC1)NCc1cccc2cccnc12. The lowest BCUT2D eigenvalue weighted by atomic mass is 10.1. The minimum Gasteiger partial charge on any atom is -0.310 e. The number of hydrogen-bond donors (Lipinski definition) is 1. The van der Waals surface area contributed by atoms with Crippen LogP contribution < -0.4 is 5.32 Å². The van der Waals surface area contributed by atoms with Crippen LogP contribution in [0.1, 0.15) is 38.2 Å². The predicted octanol–water partition coefficient (Wildman–Crippen LogP) is 3.90. The molecule has 1 saturated carbocycles. The summed E-state index contributed by atoms with van der Waals surface area (Å²) in [4.78, 5) is 4.52. The average molecular weight is 254 g/mol. The van der Waals surface area contributed by atoms with E-state index in [9.17, 15) is 0 Å². The number of fused-ring (bicyclic) bond motifs is 1. The molecule has 0 spiro atoms. The number of nitrogens with one attached hydrogen (secondary N) is 1. The molecule has 19 heavy (non-hydrogen) atoms. The van der Waals surface area contributed by atoms with E-state index >= 15 is 0 Å². The van der Waals surface area contributed by atoms with Crippen LogP contribution in [0.15, 0.2) is 36.5 Å². The summed E-state index contributed by atoms with van der Waals surface area (Å²) in [6.07, 6.45) is 7.32. The molecule has 0 amide bonds. The lowest BCUT2D eigenvalue weighted by Gasteiger charge is -2.17. The molecule has 1 aliphatic rings. The highest BCUT2D eigenvalue weighted by Crippen LogP contribution is 2.34. The van der Waals surface area contributed by atoms with Crippen LogP contribution in [-0.4, -0.2) is 11.0 Å². The van der Waals surface area contributed by atoms with E-state index in [1.54, 1.807) is 0 Å². The van der Waals surface area contributed by atoms with Gasteiger partial charge in [0, 0.05) is 24.2 Å². The standard InChI is InChI=1S/C17H22N2/c1-2-16(11-13-8-9-13)19-12-15-6-3-5-14-7-4-10-18-17(14)15/h3-7,10,13,16,19H,2,8-9,11-12H2,1H3. The number of pyridine rings is 1. The van der Waals surface area contributed by atoms with E-state index in [2.05, 4.69) is 41.5 Å². The Kier molecular flexibility index (Phi) is 3.79. The molecule has 100 valence electrons. The van der Waals surface area contributed by atoms with Crippen molar-refractivity contribution in [2.75, 3.05) is 0 Å². The first-order chi connectivity index (χ1) is 9.36. The van der Waals surface area contributed by atoms with Crippen molar-refractivity contribution in [2.45, 2.75) is 45.2 Å². The van der Waals surface area contributed by atoms with Crippen LogP contribution in [0.4, 0.5) is 0 Å². The fourth-order valence-corrected chi connectivity index (χ4v) is 2.71. The van der Waals surface area contributed by atoms with Crippen molar-refractivity contribution in [2.24, 2.45) is 5.92 Å². The van der Waals surface area contributed by atoms with Crippen LogP contribution >= 0.6 is 0 Å². The van der Waals surface area contributed by atoms with Gasteiger partial charge in [0.05, 0.1) is 5.52 Å². The van der Waals surface area contributed by atoms with E-state index < -0.39 is 0 Å². The third-order valence-electron chi connectivity index (χ3n) is 4.11. The van der Waals surface area contributed by atoms with Gasteiger partial charge in [-0.05, 0) is 30.4 Å². The second kappa shape index (κ2) is 5.70. The Hall–Kier alpha value is -1.41. The first-order valence-electron chi connectivity index (χ1n) is 7.43. The molecular formula is C17H22N2. The molecule has 1 atom stereocenters. The third kappa shape index (κ3) is 3.13. The molecule has 1 unspecified atom stereocenters. The Bertz CT molecular complexity index is 540. The summed E-state index contributed by atoms with van der Waals surface area (Å²) in [5.74, 6) is 0.989. The topological polar surface area (TPSA) is 24.9 Å². The Balaban J connectivity index is 1.70. The van der Waals surface area contributed by atoms with Gasteiger partial charge in [0.15, 0.2) is 0 Å². The Morgan fingerprint density at radius 1 is 1.26 bits per heavy atom. The molecule has 1 heterocycles. The van der Waals surface area contributed by atoms with Gasteiger partial charge in [0.25, 0.3) is 0 Å². The summed E-state index contributed by atoms with van der Waals surface area (Å²) in [6, 6.07) is 11.2. The molecular weight excluding hydrogens is 232 g/mol. The summed E-state index contributed by atoms with van der Waals surface area (Å²) < 4.78 is 0. The van der Waals surface area contributed by atoms with E-state index in [0.717, 1.165) is 18.0 Å². The highest BCUT2D eigenvalue weighted by molar-refractivity contribution is 5.81. The number of rotatable bonds is 6. The molecule has 0 saturated heterocycles. The fraction of sp³-hybridized carbons (Fsp3) is 0.471. The summed E-state index contributed by atoms with van der Waals surface area (Å²) in [5.41, 5.74) is 2.45. The molecule has 1 aromatic carbocycles. The maximum absolute atomic E-state index is 4.52. The number of hydrogen-bond acceptors (Lipinski definition) is 2. The molecule has 3 rings (SSSR count). The number of para-hydroxylation sites is 1. The molecule has 2 nitrogen and oxygen atoms in total. The fourth-order valence-electron chi connectivity index (χ4n) is 2.71. The highest BCUT2D eigenvalue weighted by atomic mass is 14.9. The summed E-state index contributed by atoms with van der Waals surface area (Å²) in [7, 11) is 0. The van der Waals surface area contributed by atoms with Crippen molar-refractivity contribution >= 4 is 10.9 Å². The van der Waals surface area contributed by atoms with Gasteiger partial charge in [-0.2, -0.15) is 0 Å². The average Bonchev–Trinajstić information content (AvgIpc) is 3.27. The largest absolute Gasteiger partial charge is 0.310 e. The number of aromatic nitrogens is 1. The maximum Gasteiger partial charge on any atom is 0.0746 e. The van der Waals surface area contributed by atoms with Crippen LogP contribution in [0.2, 0.25) is 0 Å². The Morgan fingerprint density at radius 3 is 2.89 bits per heavy atom. The quantitative estimate of drug-likeness (QED) is 0.845. The van der Waals surface area contributed by atoms with E-state index in [4.69, 9.17) is 0 Å². The lowest BCUT2D eigenvalue weighted by molar-refractivity contribution is 0.445. The van der Waals surface area contributed by atoms with Gasteiger partial charge in [-0.3, -0.25) is 4.98 Å². The van der Waals surface area contributed by atoms with Crippen molar-refractivity contribution < 1.29 is 0 Å². The second-order valence-corrected chi connectivity index (χ2v) is 5.66. The van der Waals surface area contributed by atoms with E-state index in [0.29, 0.717) is 6.04 Å². The minimum atomic E-state index is 0.659. The van der Waals surface area contributed by atoms with E-state index in [1.165, 1.54) is 36.6 Å². The van der Waals surface area contributed by atoms with Crippen LogP contribution in [0.3, 0.4) is 0 Å². The molecule has 0 bridgehead atoms. The van der Waals surface area contributed by atoms with Crippen molar-refractivity contribution in [3.8, 4) is 0 Å². The van der Waals surface area contributed by atoms with Gasteiger partial charge in [0.2, 0.25) is 0 Å². The van der Waals surface area contributed by atoms with E-state index in [1.807, 2.05) is 12.3 Å². The molecule has 1 N–H and O–H groups in total. The minimum absolute atomic E-state index is 0.659. The smallest absolute Gasteiger partial charge is 0.0746 e. The van der Waals surface area contributed by atoms with E-state index in [-0.39, 0.29) is 0 Å². The van der Waals surface area contributed by atoms with Crippen LogP contribution in [0.25, 0.3) is 10.9 Å². The molecule has 0 radical (unpaired) electrons. The van der Waals surface area contributed by atoms with Crippen molar-refractivity contribution in [1.82, 2.24) is 10.3 Å². The molecule has 1 aromatic heterocycles. The molecule has 1 fully saturated rings. The van der Waals surface area contributed by atoms with Gasteiger partial charge in [-0.15, -0.1) is 0 Å². The number of nitrogens with zero attached hydrogens (tertiary/aromatic N) is 1. The lowest BCUT2D eigenvalue weighted by Crippen LogP contribution is -2.28. The first-order valence-corrected chi connectivity index (χ1v) is 7.43. The van der Waals surface area contributed by atoms with Gasteiger partial charge in [0.1, 0.15) is 0 Å². The van der Waals surface area contributed by atoms with Gasteiger partial charge < -0.3 is 5.32 Å². The van der Waals surface area contributed by atoms with Crippen LogP contribution in [-0.2, 0) is 6.54 Å². The Morgan fingerprint density at radius 2 is 2.11 bits per heavy atom. The zero-order chi connectivity index (χ0) is 13.1. The van der Waals surface area contributed by atoms with Crippen molar-refractivity contribution in [3.63, 3.8) is 0 Å². The third-order valence-corrected chi connectivity index (χ3v) is 4.11. The normalized spacial score (nSPS) is 16.7. The molecule has 1 aliphatic carbocycles. The van der Waals surface area contributed by atoms with Gasteiger partial charge in [-0.1, -0.05) is 44.0 Å². The van der Waals surface area contributed by atoms with Crippen LogP contribution in [0.5, 0.6) is 0 Å². The van der Waals surface area contributed by atoms with Crippen molar-refractivity contribution in [3.05, 3.63) is 42.1 Å². The zero-order valence-corrected chi connectivity index (χ0v) is 11.6. The molecule has 2 heteroatoms. The summed E-state index contributed by atoms with van der Waals surface area (Å²) in [5, 5.41) is 4.94. The summed E-state index contributed by atoms with van der Waals surface area (Å²) >= 11 is 0. The zero-order valence-electron chi connectivity index (χ0n) is 11.6. The van der Waals surface area contributed by atoms with Crippen molar-refractivity contribution in [1.29, 1.82) is 0 Å². The first kappa shape index (κ1) is 12.6. The van der Waals surface area contributed by atoms with Crippen LogP contribution in [0, 0.1) is 5.92 Å².